The van der Waals surface area contributed by atoms with Gasteiger partial charge in [-0.05, 0) is 38.8 Å². The molecular weight excluding hydrogens is 340 g/mol. The van der Waals surface area contributed by atoms with Crippen LogP contribution < -0.4 is 4.90 Å². The Balaban J connectivity index is 2.08. The Morgan fingerprint density at radius 3 is 2.35 bits per heavy atom. The maximum Gasteiger partial charge on any atom is 0.355 e. The van der Waals surface area contributed by atoms with Crippen LogP contribution >= 0.6 is 0 Å². The Kier molecular flexibility index (Phi) is 4.31. The Labute approximate surface area is 149 Å². The summed E-state index contributed by atoms with van der Waals surface area (Å²) in [7, 11) is 0. The molecule has 0 aliphatic carbocycles. The van der Waals surface area contributed by atoms with Crippen LogP contribution in [0.4, 0.5) is 5.69 Å². The van der Waals surface area contributed by atoms with E-state index in [0.29, 0.717) is 10.8 Å². The molecule has 0 radical (unpaired) electrons. The quantitative estimate of drug-likeness (QED) is 0.457. The fraction of sp³-hybridized carbons (Fsp3) is 0.412. The number of imide groups is 1. The third-order valence-electron chi connectivity index (χ3n) is 4.46. The molecule has 0 unspecified atom stereocenters. The number of esters is 1. The largest absolute Gasteiger partial charge is 0.461 e. The molecule has 2 atom stereocenters. The van der Waals surface area contributed by atoms with E-state index >= 15 is 0 Å². The number of fused-ring (bicyclic) bond motifs is 1. The van der Waals surface area contributed by atoms with Crippen molar-refractivity contribution in [3.8, 4) is 0 Å². The predicted molar refractivity (Wildman–Crippen MR) is 92.1 cm³/mol. The molecule has 26 heavy (non-hydrogen) atoms. The van der Waals surface area contributed by atoms with Crippen LogP contribution in [-0.2, 0) is 19.1 Å². The molecule has 1 saturated heterocycles. The molecule has 2 heterocycles. The lowest BCUT2D eigenvalue weighted by molar-refractivity contribution is -0.136. The predicted octanol–water partition coefficient (Wildman–Crippen LogP) is 1.39. The second kappa shape index (κ2) is 6.32. The number of hydrogen-bond donors (Lipinski definition) is 0. The molecule has 136 valence electrons. The van der Waals surface area contributed by atoms with Crippen LogP contribution in [0.15, 0.2) is 22.5 Å². The highest BCUT2D eigenvalue weighted by Crippen LogP contribution is 2.38. The van der Waals surface area contributed by atoms with Gasteiger partial charge in [-0.15, -0.1) is 15.1 Å². The number of nitrogens with zero attached hydrogens (tertiary/aromatic N) is 4. The van der Waals surface area contributed by atoms with Gasteiger partial charge in [0.05, 0.1) is 17.6 Å². The van der Waals surface area contributed by atoms with E-state index in [-0.39, 0.29) is 12.3 Å². The van der Waals surface area contributed by atoms with Gasteiger partial charge < -0.3 is 4.74 Å². The van der Waals surface area contributed by atoms with Gasteiger partial charge in [-0.25, -0.2) is 9.69 Å². The van der Waals surface area contributed by atoms with Crippen molar-refractivity contribution < 1.29 is 19.1 Å². The molecule has 0 aromatic heterocycles. The summed E-state index contributed by atoms with van der Waals surface area (Å²) in [5, 5.41) is 6.99. The van der Waals surface area contributed by atoms with Gasteiger partial charge >= 0.3 is 5.97 Å². The molecule has 2 aliphatic rings. The Bertz CT molecular complexity index is 840. The molecule has 1 fully saturated rings. The van der Waals surface area contributed by atoms with Gasteiger partial charge in [-0.3, -0.25) is 9.59 Å². The highest BCUT2D eigenvalue weighted by molar-refractivity contribution is 6.46. The van der Waals surface area contributed by atoms with E-state index < -0.39 is 29.7 Å². The summed E-state index contributed by atoms with van der Waals surface area (Å²) < 4.78 is 4.89. The SMILES string of the molecule is CCOC(=O)C1=NN(N=O)[C@H]2C(=O)N(c3c(C)cc(C)cc3C)C(=O)[C@@H]12. The summed E-state index contributed by atoms with van der Waals surface area (Å²) in [4.78, 5) is 50.2. The molecule has 1 aromatic carbocycles. The van der Waals surface area contributed by atoms with Gasteiger partial charge in [-0.2, -0.15) is 0 Å². The molecule has 9 nitrogen and oxygen atoms in total. The minimum absolute atomic E-state index is 0.0752. The first kappa shape index (κ1) is 17.7. The zero-order valence-corrected chi connectivity index (χ0v) is 14.8. The standard InChI is InChI=1S/C17H18N4O5/c1-5-26-17(24)12-11-14(21(18-12)19-25)16(23)20(15(11)22)13-9(3)6-8(2)7-10(13)4/h6-7,11,14H,5H2,1-4H3/t11-,14+/m0/s1. The van der Waals surface area contributed by atoms with E-state index in [1.165, 1.54) is 0 Å². The Morgan fingerprint density at radius 1 is 1.19 bits per heavy atom. The summed E-state index contributed by atoms with van der Waals surface area (Å²) in [6.45, 7) is 7.18. The number of anilines is 1. The smallest absolute Gasteiger partial charge is 0.355 e. The summed E-state index contributed by atoms with van der Waals surface area (Å²) in [6, 6.07) is 2.44. The molecule has 2 amide bonds. The molecule has 2 aliphatic heterocycles. The highest BCUT2D eigenvalue weighted by atomic mass is 16.5. The summed E-state index contributed by atoms with van der Waals surface area (Å²) in [5.74, 6) is -3.31. The molecule has 0 saturated carbocycles. The normalized spacial score (nSPS) is 21.8. The van der Waals surface area contributed by atoms with Crippen molar-refractivity contribution in [3.05, 3.63) is 33.7 Å². The number of benzene rings is 1. The lowest BCUT2D eigenvalue weighted by Gasteiger charge is -2.21. The van der Waals surface area contributed by atoms with Gasteiger partial charge in [0.2, 0.25) is 5.91 Å². The number of hydrazone groups is 1. The van der Waals surface area contributed by atoms with Crippen molar-refractivity contribution in [2.75, 3.05) is 11.5 Å². The van der Waals surface area contributed by atoms with Gasteiger partial charge in [0.1, 0.15) is 5.92 Å². The highest BCUT2D eigenvalue weighted by Gasteiger charge is 2.60. The van der Waals surface area contributed by atoms with E-state index in [4.69, 9.17) is 4.74 Å². The number of carbonyl (C=O) groups excluding carboxylic acids is 3. The van der Waals surface area contributed by atoms with Crippen LogP contribution in [0.1, 0.15) is 23.6 Å². The third-order valence-corrected chi connectivity index (χ3v) is 4.46. The molecule has 1 aromatic rings. The maximum absolute atomic E-state index is 13.0. The van der Waals surface area contributed by atoms with Crippen LogP contribution in [0.2, 0.25) is 0 Å². The minimum atomic E-state index is -1.26. The molecule has 3 rings (SSSR count). The fourth-order valence-corrected chi connectivity index (χ4v) is 3.58. The second-order valence-corrected chi connectivity index (χ2v) is 6.29. The average Bonchev–Trinajstić information content (AvgIpc) is 3.06. The minimum Gasteiger partial charge on any atom is -0.461 e. The summed E-state index contributed by atoms with van der Waals surface area (Å²) in [6.07, 6.45) is 0. The molecule has 0 bridgehead atoms. The zero-order valence-electron chi connectivity index (χ0n) is 14.8. The van der Waals surface area contributed by atoms with Crippen molar-refractivity contribution in [3.63, 3.8) is 0 Å². The summed E-state index contributed by atoms with van der Waals surface area (Å²) >= 11 is 0. The first-order chi connectivity index (χ1) is 12.3. The molecule has 9 heteroatoms. The number of aryl methyl sites for hydroxylation is 3. The Morgan fingerprint density at radius 2 is 1.81 bits per heavy atom. The van der Waals surface area contributed by atoms with Crippen LogP contribution in [0, 0.1) is 31.6 Å². The first-order valence-electron chi connectivity index (χ1n) is 8.15. The molecule has 0 N–H and O–H groups in total. The number of rotatable bonds is 4. The van der Waals surface area contributed by atoms with Crippen molar-refractivity contribution >= 4 is 29.2 Å². The first-order valence-corrected chi connectivity index (χ1v) is 8.15. The summed E-state index contributed by atoms with van der Waals surface area (Å²) in [5.41, 5.74) is 2.65. The van der Waals surface area contributed by atoms with Gasteiger partial charge in [0, 0.05) is 0 Å². The lowest BCUT2D eigenvalue weighted by Crippen LogP contribution is -2.37. The van der Waals surface area contributed by atoms with Crippen molar-refractivity contribution in [2.45, 2.75) is 33.7 Å². The van der Waals surface area contributed by atoms with E-state index in [2.05, 4.69) is 10.4 Å². The number of hydrogen-bond acceptors (Lipinski definition) is 7. The van der Waals surface area contributed by atoms with Gasteiger partial charge in [0.15, 0.2) is 11.8 Å². The van der Waals surface area contributed by atoms with Crippen molar-refractivity contribution in [1.82, 2.24) is 5.12 Å². The van der Waals surface area contributed by atoms with Gasteiger partial charge in [0.25, 0.3) is 5.91 Å². The van der Waals surface area contributed by atoms with E-state index in [9.17, 15) is 19.3 Å². The maximum atomic E-state index is 13.0. The fourth-order valence-electron chi connectivity index (χ4n) is 3.58. The van der Waals surface area contributed by atoms with Crippen LogP contribution in [0.5, 0.6) is 0 Å². The molecular formula is C17H18N4O5. The monoisotopic (exact) mass is 358 g/mol. The van der Waals surface area contributed by atoms with Gasteiger partial charge in [-0.1, -0.05) is 17.7 Å². The second-order valence-electron chi connectivity index (χ2n) is 6.29. The average molecular weight is 358 g/mol. The van der Waals surface area contributed by atoms with E-state index in [1.54, 1.807) is 20.8 Å². The number of ether oxygens (including phenoxy) is 1. The lowest BCUT2D eigenvalue weighted by atomic mass is 9.98. The Hall–Kier alpha value is -3.10. The number of nitroso groups, excluding NO2 is 1. The number of carbonyl (C=O) groups is 3. The third kappa shape index (κ3) is 2.47. The van der Waals surface area contributed by atoms with E-state index in [0.717, 1.165) is 21.6 Å². The number of amides is 2. The molecule has 0 spiro atoms. The topological polar surface area (TPSA) is 109 Å². The van der Waals surface area contributed by atoms with Crippen molar-refractivity contribution in [1.29, 1.82) is 0 Å². The van der Waals surface area contributed by atoms with Crippen LogP contribution in [-0.4, -0.2) is 41.3 Å². The van der Waals surface area contributed by atoms with Crippen LogP contribution in [0.25, 0.3) is 0 Å². The van der Waals surface area contributed by atoms with Crippen molar-refractivity contribution in [2.24, 2.45) is 16.3 Å². The zero-order chi connectivity index (χ0) is 19.2. The van der Waals surface area contributed by atoms with Crippen LogP contribution in [0.3, 0.4) is 0 Å². The van der Waals surface area contributed by atoms with E-state index in [1.807, 2.05) is 19.1 Å².